The lowest BCUT2D eigenvalue weighted by atomic mass is 10.1. The van der Waals surface area contributed by atoms with Gasteiger partial charge in [0.05, 0.1) is 16.7 Å². The maximum atomic E-state index is 8.83. The molecule has 1 fully saturated rings. The van der Waals surface area contributed by atoms with Gasteiger partial charge in [-0.1, -0.05) is 11.6 Å². The molecule has 0 spiro atoms. The maximum absolute atomic E-state index is 8.83. The molecule has 1 saturated heterocycles. The van der Waals surface area contributed by atoms with E-state index in [1.165, 1.54) is 0 Å². The highest BCUT2D eigenvalue weighted by molar-refractivity contribution is 6.32. The number of hydrogen-bond acceptors (Lipinski definition) is 3. The molecule has 1 unspecified atom stereocenters. The molecule has 1 atom stereocenters. The Morgan fingerprint density at radius 1 is 1.53 bits per heavy atom. The van der Waals surface area contributed by atoms with Crippen molar-refractivity contribution in [1.82, 2.24) is 0 Å². The van der Waals surface area contributed by atoms with Crippen LogP contribution >= 0.6 is 11.6 Å². The van der Waals surface area contributed by atoms with E-state index >= 15 is 0 Å². The second kappa shape index (κ2) is 5.39. The first-order valence-corrected chi connectivity index (χ1v) is 6.10. The average molecular weight is 251 g/mol. The van der Waals surface area contributed by atoms with Crippen LogP contribution in [0.2, 0.25) is 5.02 Å². The first-order chi connectivity index (χ1) is 8.24. The molecule has 1 heterocycles. The quantitative estimate of drug-likeness (QED) is 0.810. The van der Waals surface area contributed by atoms with Crippen LogP contribution in [-0.2, 0) is 4.74 Å². The highest BCUT2D eigenvalue weighted by atomic mass is 35.5. The lowest BCUT2D eigenvalue weighted by Crippen LogP contribution is -2.39. The summed E-state index contributed by atoms with van der Waals surface area (Å²) in [5, 5.41) is 9.35. The molecule has 1 aromatic carbocycles. The van der Waals surface area contributed by atoms with Crippen LogP contribution in [0.15, 0.2) is 18.2 Å². The van der Waals surface area contributed by atoms with Crippen molar-refractivity contribution in [2.45, 2.75) is 18.9 Å². The number of anilines is 1. The van der Waals surface area contributed by atoms with Crippen molar-refractivity contribution in [3.05, 3.63) is 28.8 Å². The number of methoxy groups -OCH3 is 1. The van der Waals surface area contributed by atoms with Crippen molar-refractivity contribution in [2.24, 2.45) is 0 Å². The van der Waals surface area contributed by atoms with Gasteiger partial charge in [-0.3, -0.25) is 0 Å². The Balaban J connectivity index is 2.17. The molecule has 0 N–H and O–H groups in total. The van der Waals surface area contributed by atoms with Gasteiger partial charge in [0.2, 0.25) is 0 Å². The number of nitriles is 1. The lowest BCUT2D eigenvalue weighted by molar-refractivity contribution is 0.0893. The van der Waals surface area contributed by atoms with Crippen LogP contribution < -0.4 is 4.90 Å². The molecule has 3 nitrogen and oxygen atoms in total. The largest absolute Gasteiger partial charge is 0.380 e. The molecular weight excluding hydrogens is 236 g/mol. The Bertz CT molecular complexity index is 442. The number of halogens is 1. The van der Waals surface area contributed by atoms with Gasteiger partial charge >= 0.3 is 0 Å². The Hall–Kier alpha value is -1.24. The molecule has 17 heavy (non-hydrogen) atoms. The smallest absolute Gasteiger partial charge is 0.101 e. The van der Waals surface area contributed by atoms with Gasteiger partial charge in [0, 0.05) is 25.9 Å². The van der Waals surface area contributed by atoms with Gasteiger partial charge in [-0.15, -0.1) is 0 Å². The van der Waals surface area contributed by atoms with Crippen LogP contribution in [0.4, 0.5) is 5.69 Å². The second-order valence-corrected chi connectivity index (χ2v) is 4.63. The molecule has 0 saturated carbocycles. The van der Waals surface area contributed by atoms with Crippen LogP contribution in [0.5, 0.6) is 0 Å². The molecule has 4 heteroatoms. The highest BCUT2D eigenvalue weighted by Crippen LogP contribution is 2.26. The summed E-state index contributed by atoms with van der Waals surface area (Å²) in [6, 6.07) is 7.65. The molecular formula is C13H15ClN2O. The third-order valence-corrected chi connectivity index (χ3v) is 3.46. The lowest BCUT2D eigenvalue weighted by Gasteiger charge is -2.33. The van der Waals surface area contributed by atoms with Crippen LogP contribution in [0.25, 0.3) is 0 Å². The maximum Gasteiger partial charge on any atom is 0.101 e. The fraction of sp³-hybridized carbons (Fsp3) is 0.462. The van der Waals surface area contributed by atoms with E-state index in [0.717, 1.165) is 31.6 Å². The van der Waals surface area contributed by atoms with Gasteiger partial charge in [-0.2, -0.15) is 5.26 Å². The van der Waals surface area contributed by atoms with Crippen LogP contribution in [0.3, 0.4) is 0 Å². The van der Waals surface area contributed by atoms with Gasteiger partial charge in [-0.05, 0) is 31.0 Å². The Morgan fingerprint density at radius 2 is 2.35 bits per heavy atom. The van der Waals surface area contributed by atoms with E-state index in [2.05, 4.69) is 11.0 Å². The van der Waals surface area contributed by atoms with Crippen molar-refractivity contribution < 1.29 is 4.74 Å². The van der Waals surface area contributed by atoms with Crippen molar-refractivity contribution >= 4 is 17.3 Å². The van der Waals surface area contributed by atoms with E-state index < -0.39 is 0 Å². The molecule has 0 radical (unpaired) electrons. The summed E-state index contributed by atoms with van der Waals surface area (Å²) in [6.45, 7) is 1.90. The van der Waals surface area contributed by atoms with Crippen LogP contribution in [0, 0.1) is 11.3 Å². The minimum absolute atomic E-state index is 0.290. The second-order valence-electron chi connectivity index (χ2n) is 4.22. The normalized spacial score (nSPS) is 20.1. The molecule has 1 aliphatic heterocycles. The average Bonchev–Trinajstić information content (AvgIpc) is 2.38. The van der Waals surface area contributed by atoms with E-state index in [1.807, 2.05) is 12.1 Å². The monoisotopic (exact) mass is 250 g/mol. The van der Waals surface area contributed by atoms with Gasteiger partial charge in [-0.25, -0.2) is 0 Å². The van der Waals surface area contributed by atoms with Crippen molar-refractivity contribution in [2.75, 3.05) is 25.1 Å². The predicted octanol–water partition coefficient (Wildman–Crippen LogP) is 2.83. The van der Waals surface area contributed by atoms with Gasteiger partial charge in [0.25, 0.3) is 0 Å². The van der Waals surface area contributed by atoms with Crippen molar-refractivity contribution in [3.8, 4) is 6.07 Å². The Kier molecular flexibility index (Phi) is 3.88. The van der Waals surface area contributed by atoms with E-state index in [0.29, 0.717) is 10.6 Å². The standard InChI is InChI=1S/C13H15ClN2O/c1-17-12-3-2-6-16(9-12)11-5-4-10(8-15)13(14)7-11/h4-5,7,12H,2-3,6,9H2,1H3. The summed E-state index contributed by atoms with van der Waals surface area (Å²) in [5.74, 6) is 0. The summed E-state index contributed by atoms with van der Waals surface area (Å²) in [5.41, 5.74) is 1.59. The van der Waals surface area contributed by atoms with Gasteiger partial charge in [0.1, 0.15) is 6.07 Å². The summed E-state index contributed by atoms with van der Waals surface area (Å²) in [6.07, 6.45) is 2.52. The minimum atomic E-state index is 0.290. The number of benzene rings is 1. The summed E-state index contributed by atoms with van der Waals surface area (Å²) in [7, 11) is 1.75. The number of hydrogen-bond donors (Lipinski definition) is 0. The summed E-state index contributed by atoms with van der Waals surface area (Å²) in [4.78, 5) is 2.25. The number of piperidine rings is 1. The molecule has 0 amide bonds. The van der Waals surface area contributed by atoms with Crippen LogP contribution in [0.1, 0.15) is 18.4 Å². The summed E-state index contributed by atoms with van der Waals surface area (Å²) < 4.78 is 5.39. The molecule has 2 rings (SSSR count). The number of ether oxygens (including phenoxy) is 1. The van der Waals surface area contributed by atoms with Crippen molar-refractivity contribution in [3.63, 3.8) is 0 Å². The third kappa shape index (κ3) is 2.71. The molecule has 0 aliphatic carbocycles. The zero-order valence-corrected chi connectivity index (χ0v) is 10.6. The van der Waals surface area contributed by atoms with Crippen LogP contribution in [-0.4, -0.2) is 26.3 Å². The minimum Gasteiger partial charge on any atom is -0.380 e. The SMILES string of the molecule is COC1CCCN(c2ccc(C#N)c(Cl)c2)C1. The van der Waals surface area contributed by atoms with Gasteiger partial charge < -0.3 is 9.64 Å². The fourth-order valence-electron chi connectivity index (χ4n) is 2.16. The van der Waals surface area contributed by atoms with Gasteiger partial charge in [0.15, 0.2) is 0 Å². The van der Waals surface area contributed by atoms with E-state index in [1.54, 1.807) is 13.2 Å². The van der Waals surface area contributed by atoms with E-state index in [-0.39, 0.29) is 6.10 Å². The number of nitrogens with zero attached hydrogens (tertiary/aromatic N) is 2. The Labute approximate surface area is 107 Å². The zero-order valence-electron chi connectivity index (χ0n) is 9.82. The topological polar surface area (TPSA) is 36.3 Å². The Morgan fingerprint density at radius 3 is 3.00 bits per heavy atom. The number of rotatable bonds is 2. The van der Waals surface area contributed by atoms with Crippen molar-refractivity contribution in [1.29, 1.82) is 5.26 Å². The zero-order chi connectivity index (χ0) is 12.3. The molecule has 1 aromatic rings. The molecule has 90 valence electrons. The summed E-state index contributed by atoms with van der Waals surface area (Å²) >= 11 is 6.04. The molecule has 0 bridgehead atoms. The highest BCUT2D eigenvalue weighted by Gasteiger charge is 2.20. The fourth-order valence-corrected chi connectivity index (χ4v) is 2.37. The molecule has 1 aliphatic rings. The first kappa shape index (κ1) is 12.2. The third-order valence-electron chi connectivity index (χ3n) is 3.15. The van der Waals surface area contributed by atoms with E-state index in [4.69, 9.17) is 21.6 Å². The first-order valence-electron chi connectivity index (χ1n) is 5.72. The predicted molar refractivity (Wildman–Crippen MR) is 68.4 cm³/mol. The molecule has 0 aromatic heterocycles. The van der Waals surface area contributed by atoms with E-state index in [9.17, 15) is 0 Å².